The molecule has 3 unspecified atom stereocenters. The van der Waals surface area contributed by atoms with Gasteiger partial charge < -0.3 is 28.4 Å². The highest BCUT2D eigenvalue weighted by atomic mass is 16.6. The monoisotopic (exact) mass is 1710 g/mol. The summed E-state index contributed by atoms with van der Waals surface area (Å²) >= 11 is 0. The van der Waals surface area contributed by atoms with Gasteiger partial charge in [0.2, 0.25) is 0 Å². The normalized spacial score (nSPS) is 22.3. The fourth-order valence-corrected chi connectivity index (χ4v) is 18.0. The van der Waals surface area contributed by atoms with Crippen LogP contribution in [0.25, 0.3) is 0 Å². The van der Waals surface area contributed by atoms with Gasteiger partial charge in [-0.1, -0.05) is 243 Å². The molecule has 0 heterocycles. The summed E-state index contributed by atoms with van der Waals surface area (Å²) < 4.78 is 35.8. The molecule has 9 rings (SSSR count). The summed E-state index contributed by atoms with van der Waals surface area (Å²) in [4.78, 5) is 73.8. The minimum atomic E-state index is -0.362. The lowest BCUT2D eigenvalue weighted by Crippen LogP contribution is -2.59. The molecule has 12 heteroatoms. The van der Waals surface area contributed by atoms with Crippen LogP contribution in [0.4, 0.5) is 0 Å². The van der Waals surface area contributed by atoms with Gasteiger partial charge in [-0.3, -0.25) is 28.8 Å². The molecule has 0 N–H and O–H groups in total. The molecule has 0 aromatic heterocycles. The first-order valence-corrected chi connectivity index (χ1v) is 45.5. The van der Waals surface area contributed by atoms with Gasteiger partial charge in [-0.05, 0) is 352 Å². The van der Waals surface area contributed by atoms with Crippen molar-refractivity contribution in [3.05, 3.63) is 0 Å². The van der Waals surface area contributed by atoms with E-state index in [0.717, 1.165) is 120 Å². The minimum absolute atomic E-state index is 0. The van der Waals surface area contributed by atoms with Gasteiger partial charge in [0, 0.05) is 5.41 Å². The number of esters is 6. The largest absolute Gasteiger partial charge is 0.459 e. The molecule has 12 nitrogen and oxygen atoms in total. The molecule has 0 amide bonds. The molecular weight excluding hydrogens is 1490 g/mol. The van der Waals surface area contributed by atoms with Crippen LogP contribution in [0.2, 0.25) is 0 Å². The highest BCUT2D eigenvalue weighted by Crippen LogP contribution is 2.65. The first kappa shape index (κ1) is 137. The third-order valence-electron chi connectivity index (χ3n) is 30.3. The first-order valence-electron chi connectivity index (χ1n) is 45.5. The van der Waals surface area contributed by atoms with Crippen molar-refractivity contribution in [3.8, 4) is 0 Å². The van der Waals surface area contributed by atoms with Gasteiger partial charge in [-0.2, -0.15) is 0 Å². The molecule has 0 spiro atoms. The Bertz CT molecular complexity index is 2610. The summed E-state index contributed by atoms with van der Waals surface area (Å²) in [6.45, 7) is 57.7. The van der Waals surface area contributed by atoms with Crippen LogP contribution in [0.15, 0.2) is 0 Å². The van der Waals surface area contributed by atoms with Crippen LogP contribution in [-0.4, -0.2) is 69.4 Å². The van der Waals surface area contributed by atoms with Gasteiger partial charge in [0.1, 0.15) is 33.6 Å². The lowest BCUT2D eigenvalue weighted by Gasteiger charge is -2.62. The van der Waals surface area contributed by atoms with E-state index in [9.17, 15) is 28.8 Å². The average Bonchev–Trinajstić information content (AvgIpc) is 1.11. The van der Waals surface area contributed by atoms with E-state index in [1.165, 1.54) is 173 Å². The Hall–Kier alpha value is -3.18. The van der Waals surface area contributed by atoms with Crippen molar-refractivity contribution < 1.29 is 57.2 Å². The molecule has 3 atom stereocenters. The molecule has 120 heavy (non-hydrogen) atoms. The van der Waals surface area contributed by atoms with Gasteiger partial charge in [-0.15, -0.1) is 0 Å². The van der Waals surface area contributed by atoms with Crippen LogP contribution in [0.1, 0.15) is 559 Å². The van der Waals surface area contributed by atoms with Crippen molar-refractivity contribution in [1.29, 1.82) is 0 Å². The van der Waals surface area contributed by atoms with Gasteiger partial charge in [0.05, 0.1) is 32.5 Å². The molecule has 9 saturated carbocycles. The molecular formula is C108H224O12. The number of hydrogen-bond acceptors (Lipinski definition) is 12. The Morgan fingerprint density at radius 1 is 0.300 bits per heavy atom. The average molecular weight is 1710 g/mol. The Balaban J connectivity index is -0.000000149. The molecule has 728 valence electrons. The van der Waals surface area contributed by atoms with Crippen LogP contribution < -0.4 is 0 Å². The summed E-state index contributed by atoms with van der Waals surface area (Å²) in [5.41, 5.74) is -3.19. The van der Waals surface area contributed by atoms with Crippen LogP contribution in [0.3, 0.4) is 0 Å². The van der Waals surface area contributed by atoms with E-state index in [0.29, 0.717) is 17.8 Å². The molecule has 9 aliphatic rings. The van der Waals surface area contributed by atoms with Crippen LogP contribution in [-0.2, 0) is 57.2 Å². The van der Waals surface area contributed by atoms with Crippen molar-refractivity contribution in [2.75, 3.05) is 0 Å². The second kappa shape index (κ2) is 59.8. The minimum Gasteiger partial charge on any atom is -0.459 e. The number of carbonyl (C=O) groups excluding carboxylic acids is 6. The number of ether oxygens (including phenoxy) is 6. The maximum atomic E-state index is 12.7. The molecule has 0 aromatic carbocycles. The van der Waals surface area contributed by atoms with E-state index in [4.69, 9.17) is 28.4 Å². The molecule has 9 fully saturated rings. The van der Waals surface area contributed by atoms with Gasteiger partial charge in [0.15, 0.2) is 0 Å². The fourth-order valence-electron chi connectivity index (χ4n) is 18.0. The van der Waals surface area contributed by atoms with E-state index in [2.05, 4.69) is 83.1 Å². The highest BCUT2D eigenvalue weighted by molar-refractivity contribution is 5.78. The first-order chi connectivity index (χ1) is 50.1. The predicted molar refractivity (Wildman–Crippen MR) is 529 cm³/mol. The molecule has 4 bridgehead atoms. The Morgan fingerprint density at radius 3 is 0.833 bits per heavy atom. The summed E-state index contributed by atoms with van der Waals surface area (Å²) in [7, 11) is 0. The number of rotatable bonds is 26. The standard InChI is InChI=1S/C20H34O2.2C16H30O2.2C15H28O2.C14H26O2.12CH4/c1-6-18(3,4)17(21)22-19(5,7-2)20-11-14-8-15(12-20)10-16(9-14)13-20;1-6-15(3,4)14(17)18-16(5,7-2)13-11-9-8-10-12-13;1-5-15(3,4)14(17)18-16(6-2)12-10-8-7-9-11-13-16;1-6-14(3,4)13(16)17-15(5,7-2)12-10-8-9-11-12;1-5-14(2,3)13(16)17-15(4)11-9-7-6-8-10-12-15;1-6-13(4,5)12(15)16-14(11(2)3)9-7-8-10-14;;;;;;;;;;;;/h14-16H,6-13H2,1-5H3;13H,6-12H2,1-5H3;5-13H2,1-4H3;12H,6-11H2,1-5H3;5-12H2,1-4H3;11H,6-10H2,1-5H3;12*1H4. The zero-order valence-corrected chi connectivity index (χ0v) is 76.3. The van der Waals surface area contributed by atoms with Gasteiger partial charge in [0.25, 0.3) is 0 Å². The summed E-state index contributed by atoms with van der Waals surface area (Å²) in [5.74, 6) is 4.12. The van der Waals surface area contributed by atoms with Crippen molar-refractivity contribution in [2.24, 2.45) is 73.4 Å². The van der Waals surface area contributed by atoms with E-state index in [1.54, 1.807) is 0 Å². The molecule has 0 aromatic rings. The van der Waals surface area contributed by atoms with Crippen LogP contribution in [0, 0.1) is 73.4 Å². The van der Waals surface area contributed by atoms with Gasteiger partial charge in [-0.25, -0.2) is 0 Å². The maximum absolute atomic E-state index is 12.7. The van der Waals surface area contributed by atoms with Crippen molar-refractivity contribution in [1.82, 2.24) is 0 Å². The summed E-state index contributed by atoms with van der Waals surface area (Å²) in [6, 6.07) is 0. The van der Waals surface area contributed by atoms with E-state index in [-0.39, 0.29) is 196 Å². The zero-order valence-electron chi connectivity index (χ0n) is 76.3. The topological polar surface area (TPSA) is 158 Å². The highest BCUT2D eigenvalue weighted by Gasteiger charge is 2.60. The summed E-state index contributed by atoms with van der Waals surface area (Å²) in [5, 5.41) is 0. The van der Waals surface area contributed by atoms with E-state index >= 15 is 0 Å². The number of hydrogen-bond donors (Lipinski definition) is 0. The zero-order chi connectivity index (χ0) is 82.1. The molecule has 9 aliphatic carbocycles. The van der Waals surface area contributed by atoms with Crippen molar-refractivity contribution in [2.45, 2.75) is 593 Å². The van der Waals surface area contributed by atoms with E-state index < -0.39 is 0 Å². The molecule has 0 aliphatic heterocycles. The Labute approximate surface area is 754 Å². The lowest BCUT2D eigenvalue weighted by molar-refractivity contribution is -0.212. The SMILES string of the molecule is C.C.C.C.C.C.C.C.C.C.C.C.CCC(C)(C)C(=O)OC(C)(CC)C12CC3CC(CC(C3)C1)C2.CCC(C)(C)C(=O)OC(C)(CC)C1CCCC1.CCC(C)(C)C(=O)OC(C)(CC)C1CCCCC1.CCC(C)(C)C(=O)OC1(C(C)C)CCCC1.CCC(C)(C)C(=O)OC1(C)CCCCCCC1.CCC1(OC(=O)C(C)(C)CC)CCCCCCC1. The quantitative estimate of drug-likeness (QED) is 0.0597. The lowest BCUT2D eigenvalue weighted by atomic mass is 9.45. The Kier molecular flexibility index (Phi) is 68.4. The van der Waals surface area contributed by atoms with Crippen LogP contribution in [0.5, 0.6) is 0 Å². The number of carbonyl (C=O) groups is 6. The van der Waals surface area contributed by atoms with E-state index in [1.807, 2.05) is 111 Å². The van der Waals surface area contributed by atoms with Gasteiger partial charge >= 0.3 is 35.8 Å². The van der Waals surface area contributed by atoms with Crippen molar-refractivity contribution in [3.63, 3.8) is 0 Å². The smallest absolute Gasteiger partial charge is 0.312 e. The summed E-state index contributed by atoms with van der Waals surface area (Å²) in [6.07, 6.45) is 49.5. The fraction of sp³-hybridized carbons (Fsp3) is 0.944. The predicted octanol–water partition coefficient (Wildman–Crippen LogP) is 35.3. The van der Waals surface area contributed by atoms with Crippen molar-refractivity contribution >= 4 is 35.8 Å². The Morgan fingerprint density at radius 2 is 0.550 bits per heavy atom. The maximum Gasteiger partial charge on any atom is 0.312 e. The third kappa shape index (κ3) is 39.2. The van der Waals surface area contributed by atoms with Crippen LogP contribution >= 0.6 is 0 Å². The molecule has 0 radical (unpaired) electrons. The second-order valence-corrected chi connectivity index (χ2v) is 41.1. The molecule has 0 saturated heterocycles. The third-order valence-corrected chi connectivity index (χ3v) is 30.3. The second-order valence-electron chi connectivity index (χ2n) is 41.1.